The number of piperidine rings is 1. The van der Waals surface area contributed by atoms with Gasteiger partial charge < -0.3 is 19.7 Å². The Morgan fingerprint density at radius 3 is 2.72 bits per heavy atom. The van der Waals surface area contributed by atoms with Crippen LogP contribution < -0.4 is 15.1 Å². The van der Waals surface area contributed by atoms with Gasteiger partial charge >= 0.3 is 12.2 Å². The molecule has 0 saturated carbocycles. The molecule has 8 nitrogen and oxygen atoms in total. The van der Waals surface area contributed by atoms with Gasteiger partial charge in [0.1, 0.15) is 11.9 Å². The second kappa shape index (κ2) is 7.81. The molecular formula is C19H24FN3O5S. The van der Waals surface area contributed by atoms with Crippen LogP contribution in [-0.2, 0) is 20.3 Å². The van der Waals surface area contributed by atoms with Gasteiger partial charge in [-0.25, -0.2) is 14.0 Å². The molecule has 3 aliphatic rings. The van der Waals surface area contributed by atoms with E-state index in [1.807, 2.05) is 4.90 Å². The Morgan fingerprint density at radius 1 is 1.38 bits per heavy atom. The first-order valence-corrected chi connectivity index (χ1v) is 11.1. The maximum atomic E-state index is 14.8. The van der Waals surface area contributed by atoms with Gasteiger partial charge in [-0.05, 0) is 36.5 Å². The van der Waals surface area contributed by atoms with Crippen molar-refractivity contribution in [3.8, 4) is 0 Å². The number of hydrogen-bond acceptors (Lipinski definition) is 6. The Kier molecular flexibility index (Phi) is 5.37. The maximum Gasteiger partial charge on any atom is 0.414 e. The van der Waals surface area contributed by atoms with Crippen LogP contribution in [0.3, 0.4) is 0 Å². The predicted molar refractivity (Wildman–Crippen MR) is 106 cm³/mol. The zero-order valence-electron chi connectivity index (χ0n) is 16.2. The highest BCUT2D eigenvalue weighted by atomic mass is 32.2. The first kappa shape index (κ1) is 19.9. The zero-order chi connectivity index (χ0) is 20.6. The second-order valence-corrected chi connectivity index (χ2v) is 9.30. The third-order valence-corrected chi connectivity index (χ3v) is 7.74. The van der Waals surface area contributed by atoms with Crippen LogP contribution in [0, 0.1) is 11.2 Å². The standard InChI is InChI=1S/C19H24FN3O5S/c1-27-17(24)21-9-14-10-23(18(25)28-14)13-2-3-16(15(20)8-13)22-6-4-19(5-7-22)11-29(26)12-19/h2-3,8,14H,4-7,9-12H2,1H3,(H,21,24). The molecule has 3 fully saturated rings. The molecule has 1 atom stereocenters. The summed E-state index contributed by atoms with van der Waals surface area (Å²) in [6.07, 6.45) is 0.134. The Balaban J connectivity index is 1.38. The molecule has 2 amide bonds. The summed E-state index contributed by atoms with van der Waals surface area (Å²) in [5.41, 5.74) is 1.12. The average Bonchev–Trinajstić information content (AvgIpc) is 3.06. The number of nitrogens with zero attached hydrogens (tertiary/aromatic N) is 2. The van der Waals surface area contributed by atoms with Crippen molar-refractivity contribution >= 4 is 34.4 Å². The van der Waals surface area contributed by atoms with E-state index < -0.39 is 29.1 Å². The van der Waals surface area contributed by atoms with Crippen LogP contribution in [0.1, 0.15) is 12.8 Å². The molecular weight excluding hydrogens is 401 g/mol. The minimum absolute atomic E-state index is 0.121. The van der Waals surface area contributed by atoms with Crippen LogP contribution in [0.4, 0.5) is 25.4 Å². The largest absolute Gasteiger partial charge is 0.453 e. The van der Waals surface area contributed by atoms with Gasteiger partial charge in [-0.15, -0.1) is 0 Å². The highest BCUT2D eigenvalue weighted by Gasteiger charge is 2.44. The first-order chi connectivity index (χ1) is 13.9. The molecule has 3 saturated heterocycles. The molecule has 1 aromatic carbocycles. The van der Waals surface area contributed by atoms with Crippen molar-refractivity contribution in [2.45, 2.75) is 18.9 Å². The molecule has 29 heavy (non-hydrogen) atoms. The molecule has 158 valence electrons. The number of rotatable bonds is 4. The minimum Gasteiger partial charge on any atom is -0.453 e. The lowest BCUT2D eigenvalue weighted by molar-refractivity contribution is 0.132. The molecule has 0 bridgehead atoms. The Morgan fingerprint density at radius 2 is 2.10 bits per heavy atom. The molecule has 0 aromatic heterocycles. The number of benzene rings is 1. The number of methoxy groups -OCH3 is 1. The van der Waals surface area contributed by atoms with Crippen molar-refractivity contribution in [1.29, 1.82) is 0 Å². The van der Waals surface area contributed by atoms with Crippen LogP contribution in [0.25, 0.3) is 0 Å². The predicted octanol–water partition coefficient (Wildman–Crippen LogP) is 1.86. The summed E-state index contributed by atoms with van der Waals surface area (Å²) in [7, 11) is 0.575. The maximum absolute atomic E-state index is 14.8. The topological polar surface area (TPSA) is 88.2 Å². The number of anilines is 2. The van der Waals surface area contributed by atoms with E-state index in [1.54, 1.807) is 12.1 Å². The van der Waals surface area contributed by atoms with E-state index in [9.17, 15) is 18.2 Å². The van der Waals surface area contributed by atoms with E-state index in [-0.39, 0.29) is 24.3 Å². The molecule has 10 heteroatoms. The van der Waals surface area contributed by atoms with E-state index in [2.05, 4.69) is 10.1 Å². The van der Waals surface area contributed by atoms with E-state index in [0.29, 0.717) is 11.4 Å². The van der Waals surface area contributed by atoms with Crippen LogP contribution in [0.5, 0.6) is 0 Å². The monoisotopic (exact) mass is 425 g/mol. The number of cyclic esters (lactones) is 1. The highest BCUT2D eigenvalue weighted by Crippen LogP contribution is 2.42. The lowest BCUT2D eigenvalue weighted by Crippen LogP contribution is -2.52. The van der Waals surface area contributed by atoms with E-state index in [0.717, 1.165) is 37.4 Å². The van der Waals surface area contributed by atoms with Gasteiger partial charge in [-0.1, -0.05) is 0 Å². The normalized spacial score (nSPS) is 23.7. The van der Waals surface area contributed by atoms with E-state index in [4.69, 9.17) is 4.74 Å². The summed E-state index contributed by atoms with van der Waals surface area (Å²) in [5.74, 6) is 1.15. The van der Waals surface area contributed by atoms with E-state index >= 15 is 0 Å². The number of nitrogens with one attached hydrogen (secondary N) is 1. The van der Waals surface area contributed by atoms with Gasteiger partial charge in [0.15, 0.2) is 0 Å². The molecule has 1 N–H and O–H groups in total. The fourth-order valence-electron chi connectivity index (χ4n) is 4.18. The summed E-state index contributed by atoms with van der Waals surface area (Å²) < 4.78 is 36.0. The molecule has 1 spiro atoms. The van der Waals surface area contributed by atoms with Gasteiger partial charge in [-0.3, -0.25) is 9.11 Å². The number of alkyl carbamates (subject to hydrolysis) is 1. The number of carbonyl (C=O) groups is 2. The van der Waals surface area contributed by atoms with Crippen molar-refractivity contribution in [3.05, 3.63) is 24.0 Å². The quantitative estimate of drug-likeness (QED) is 0.792. The van der Waals surface area contributed by atoms with Crippen LogP contribution in [0.2, 0.25) is 0 Å². The molecule has 1 unspecified atom stereocenters. The Bertz CT molecular complexity index is 833. The van der Waals surface area contributed by atoms with Gasteiger partial charge in [0.25, 0.3) is 0 Å². The number of amides is 2. The van der Waals surface area contributed by atoms with Crippen LogP contribution in [-0.4, -0.2) is 67.3 Å². The van der Waals surface area contributed by atoms with Gasteiger partial charge in [0, 0.05) is 35.4 Å². The number of ether oxygens (including phenoxy) is 2. The number of halogens is 1. The molecule has 4 rings (SSSR count). The van der Waals surface area contributed by atoms with E-state index in [1.165, 1.54) is 18.1 Å². The minimum atomic E-state index is -0.677. The molecule has 0 aliphatic carbocycles. The third-order valence-electron chi connectivity index (χ3n) is 5.88. The second-order valence-electron chi connectivity index (χ2n) is 7.84. The zero-order valence-corrected chi connectivity index (χ0v) is 17.0. The fourth-order valence-corrected chi connectivity index (χ4v) is 6.04. The van der Waals surface area contributed by atoms with Crippen molar-refractivity contribution in [2.24, 2.45) is 5.41 Å². The summed E-state index contributed by atoms with van der Waals surface area (Å²) >= 11 is 0. The lowest BCUT2D eigenvalue weighted by atomic mass is 9.81. The van der Waals surface area contributed by atoms with Crippen molar-refractivity contribution in [3.63, 3.8) is 0 Å². The van der Waals surface area contributed by atoms with Crippen molar-refractivity contribution < 1.29 is 27.7 Å². The highest BCUT2D eigenvalue weighted by molar-refractivity contribution is 7.86. The average molecular weight is 425 g/mol. The fraction of sp³-hybridized carbons (Fsp3) is 0.579. The first-order valence-electron chi connectivity index (χ1n) is 9.59. The summed E-state index contributed by atoms with van der Waals surface area (Å²) in [6.45, 7) is 1.81. The molecule has 0 radical (unpaired) electrons. The number of hydrogen-bond donors (Lipinski definition) is 1. The smallest absolute Gasteiger partial charge is 0.414 e. The van der Waals surface area contributed by atoms with Gasteiger partial charge in [-0.2, -0.15) is 0 Å². The molecule has 3 heterocycles. The SMILES string of the molecule is COC(=O)NCC1CN(c2ccc(N3CCC4(CC3)CS(=O)C4)c(F)c2)C(=O)O1. The summed E-state index contributed by atoms with van der Waals surface area (Å²) in [6, 6.07) is 4.74. The van der Waals surface area contributed by atoms with Crippen molar-refractivity contribution in [1.82, 2.24) is 5.32 Å². The lowest BCUT2D eigenvalue weighted by Gasteiger charge is -2.47. The number of carbonyl (C=O) groups excluding carboxylic acids is 2. The molecule has 1 aromatic rings. The van der Waals surface area contributed by atoms with Gasteiger partial charge in [0.2, 0.25) is 0 Å². The Labute approximate surface area is 170 Å². The van der Waals surface area contributed by atoms with Crippen molar-refractivity contribution in [2.75, 3.05) is 54.6 Å². The van der Waals surface area contributed by atoms with Gasteiger partial charge in [0.05, 0.1) is 31.6 Å². The van der Waals surface area contributed by atoms with Crippen LogP contribution >= 0.6 is 0 Å². The summed E-state index contributed by atoms with van der Waals surface area (Å²) in [4.78, 5) is 26.7. The third kappa shape index (κ3) is 4.03. The molecule has 3 aliphatic heterocycles. The Hall–Kier alpha value is -2.36. The summed E-state index contributed by atoms with van der Waals surface area (Å²) in [5, 5.41) is 2.48. The van der Waals surface area contributed by atoms with Crippen LogP contribution in [0.15, 0.2) is 18.2 Å².